The molecule has 0 fully saturated rings. The van der Waals surface area contributed by atoms with E-state index in [4.69, 9.17) is 0 Å². The molecule has 0 unspecified atom stereocenters. The number of thioether (sulfide) groups is 1. The van der Waals surface area contributed by atoms with Gasteiger partial charge in [0.1, 0.15) is 5.69 Å². The highest BCUT2D eigenvalue weighted by Crippen LogP contribution is 2.27. The highest BCUT2D eigenvalue weighted by molar-refractivity contribution is 7.98. The van der Waals surface area contributed by atoms with Gasteiger partial charge >= 0.3 is 0 Å². The van der Waals surface area contributed by atoms with E-state index < -0.39 is 0 Å². The largest absolute Gasteiger partial charge is 0.287 e. The summed E-state index contributed by atoms with van der Waals surface area (Å²) >= 11 is 1.29. The number of carbonyl (C=O) groups excluding carboxylic acids is 2. The number of rotatable bonds is 4. The topological polar surface area (TPSA) is 108 Å². The molecular weight excluding hydrogens is 378 g/mol. The number of carbonyl (C=O) groups is 2. The highest BCUT2D eigenvalue weighted by Gasteiger charge is 2.34. The molecule has 1 aliphatic carbocycles. The van der Waals surface area contributed by atoms with Crippen molar-refractivity contribution in [3.63, 3.8) is 0 Å². The molecule has 4 aromatic rings. The Bertz CT molecular complexity index is 1220. The van der Waals surface area contributed by atoms with Crippen LogP contribution in [0.15, 0.2) is 59.8 Å². The van der Waals surface area contributed by atoms with Crippen LogP contribution in [-0.2, 0) is 5.88 Å². The van der Waals surface area contributed by atoms with E-state index in [9.17, 15) is 9.59 Å². The molecule has 9 nitrogen and oxygen atoms in total. The molecule has 0 aliphatic heterocycles. The number of nitrogens with zero attached hydrogens (tertiary/aromatic N) is 7. The van der Waals surface area contributed by atoms with E-state index in [1.54, 1.807) is 28.9 Å². The lowest BCUT2D eigenvalue weighted by Gasteiger charge is -2.14. The summed E-state index contributed by atoms with van der Waals surface area (Å²) in [5, 5.41) is 20.2. The van der Waals surface area contributed by atoms with Crippen LogP contribution >= 0.6 is 11.8 Å². The van der Waals surface area contributed by atoms with Gasteiger partial charge in [0.2, 0.25) is 16.7 Å². The first kappa shape index (κ1) is 16.5. The van der Waals surface area contributed by atoms with Crippen molar-refractivity contribution in [3.8, 4) is 5.69 Å². The number of tetrazole rings is 1. The van der Waals surface area contributed by atoms with E-state index in [2.05, 4.69) is 25.8 Å². The second-order valence-corrected chi connectivity index (χ2v) is 6.88. The molecule has 0 saturated carbocycles. The van der Waals surface area contributed by atoms with Gasteiger partial charge in [-0.05, 0) is 22.6 Å². The van der Waals surface area contributed by atoms with Crippen LogP contribution in [0.1, 0.15) is 32.1 Å². The fourth-order valence-corrected chi connectivity index (χ4v) is 3.81. The van der Waals surface area contributed by atoms with E-state index >= 15 is 0 Å². The standard InChI is InChI=1S/C18H11N7O2S/c26-16-12-8-4-5-9-13(12)17(27)15-14(16)19-22-24(15)10-28-18-20-21-23-25(18)11-6-2-1-3-7-11/h1-9H,10H2. The smallest absolute Gasteiger partial charge is 0.216 e. The summed E-state index contributed by atoms with van der Waals surface area (Å²) in [6.45, 7) is 0. The summed E-state index contributed by atoms with van der Waals surface area (Å²) in [7, 11) is 0. The van der Waals surface area contributed by atoms with Crippen molar-refractivity contribution < 1.29 is 9.59 Å². The van der Waals surface area contributed by atoms with Crippen LogP contribution in [-0.4, -0.2) is 46.8 Å². The maximum absolute atomic E-state index is 12.9. The van der Waals surface area contributed by atoms with Crippen molar-refractivity contribution in [2.75, 3.05) is 0 Å². The molecule has 2 heterocycles. The van der Waals surface area contributed by atoms with Gasteiger partial charge in [0.05, 0.1) is 11.6 Å². The molecule has 1 aliphatic rings. The minimum absolute atomic E-state index is 0.0759. The van der Waals surface area contributed by atoms with Gasteiger partial charge in [-0.2, -0.15) is 4.68 Å². The van der Waals surface area contributed by atoms with Crippen molar-refractivity contribution >= 4 is 23.3 Å². The van der Waals surface area contributed by atoms with Crippen molar-refractivity contribution in [1.29, 1.82) is 0 Å². The molecule has 0 bridgehead atoms. The molecule has 0 spiro atoms. The fraction of sp³-hybridized carbons (Fsp3) is 0.0556. The predicted octanol–water partition coefficient (Wildman–Crippen LogP) is 1.78. The maximum atomic E-state index is 12.9. The lowest BCUT2D eigenvalue weighted by molar-refractivity contribution is 0.0971. The Morgan fingerprint density at radius 3 is 2.32 bits per heavy atom. The van der Waals surface area contributed by atoms with Crippen molar-refractivity contribution in [1.82, 2.24) is 35.2 Å². The molecule has 136 valence electrons. The van der Waals surface area contributed by atoms with Crippen LogP contribution in [0.3, 0.4) is 0 Å². The average molecular weight is 389 g/mol. The zero-order chi connectivity index (χ0) is 19.1. The van der Waals surface area contributed by atoms with Gasteiger partial charge in [0.15, 0.2) is 5.69 Å². The first-order chi connectivity index (χ1) is 13.7. The van der Waals surface area contributed by atoms with Crippen LogP contribution < -0.4 is 0 Å². The molecule has 0 atom stereocenters. The summed E-state index contributed by atoms with van der Waals surface area (Å²) in [5.74, 6) is -0.328. The maximum Gasteiger partial charge on any atom is 0.216 e. The third-order valence-electron chi connectivity index (χ3n) is 4.34. The van der Waals surface area contributed by atoms with E-state index in [1.807, 2.05) is 30.3 Å². The number of hydrogen-bond acceptors (Lipinski definition) is 8. The first-order valence-electron chi connectivity index (χ1n) is 8.32. The highest BCUT2D eigenvalue weighted by atomic mass is 32.2. The molecule has 2 aromatic carbocycles. The third-order valence-corrected chi connectivity index (χ3v) is 5.23. The second-order valence-electron chi connectivity index (χ2n) is 5.97. The number of fused-ring (bicyclic) bond motifs is 2. The van der Waals surface area contributed by atoms with Crippen LogP contribution in [0, 0.1) is 0 Å². The zero-order valence-electron chi connectivity index (χ0n) is 14.3. The van der Waals surface area contributed by atoms with Crippen molar-refractivity contribution in [2.45, 2.75) is 11.0 Å². The Kier molecular flexibility index (Phi) is 3.83. The van der Waals surface area contributed by atoms with Crippen LogP contribution in [0.25, 0.3) is 5.69 Å². The molecule has 0 N–H and O–H groups in total. The minimum Gasteiger partial charge on any atom is -0.287 e. The van der Waals surface area contributed by atoms with Gasteiger partial charge in [0, 0.05) is 11.1 Å². The van der Waals surface area contributed by atoms with E-state index in [0.29, 0.717) is 16.3 Å². The number of aromatic nitrogens is 7. The zero-order valence-corrected chi connectivity index (χ0v) is 15.1. The van der Waals surface area contributed by atoms with Gasteiger partial charge < -0.3 is 0 Å². The molecule has 0 saturated heterocycles. The summed E-state index contributed by atoms with van der Waals surface area (Å²) in [5.41, 5.74) is 1.80. The average Bonchev–Trinajstić information content (AvgIpc) is 3.38. The molecule has 2 aromatic heterocycles. The number of benzene rings is 2. The van der Waals surface area contributed by atoms with Crippen LogP contribution in [0.5, 0.6) is 0 Å². The van der Waals surface area contributed by atoms with Crippen molar-refractivity contribution in [2.24, 2.45) is 0 Å². The SMILES string of the molecule is O=C1c2ccccc2C(=O)c2c1nnn2CSc1nnnn1-c1ccccc1. The molecule has 10 heteroatoms. The summed E-state index contributed by atoms with van der Waals surface area (Å²) in [4.78, 5) is 25.5. The van der Waals surface area contributed by atoms with Gasteiger partial charge in [-0.3, -0.25) is 9.59 Å². The second kappa shape index (κ2) is 6.50. The minimum atomic E-state index is -0.296. The number of para-hydroxylation sites is 1. The van der Waals surface area contributed by atoms with Gasteiger partial charge in [-0.25, -0.2) is 4.68 Å². The van der Waals surface area contributed by atoms with Crippen molar-refractivity contribution in [3.05, 3.63) is 77.1 Å². The van der Waals surface area contributed by atoms with E-state index in [-0.39, 0.29) is 28.8 Å². The molecule has 0 radical (unpaired) electrons. The van der Waals surface area contributed by atoms with Gasteiger partial charge in [-0.15, -0.1) is 10.2 Å². The molecule has 28 heavy (non-hydrogen) atoms. The Morgan fingerprint density at radius 2 is 1.54 bits per heavy atom. The van der Waals surface area contributed by atoms with Gasteiger partial charge in [-0.1, -0.05) is 59.4 Å². The first-order valence-corrected chi connectivity index (χ1v) is 9.31. The van der Waals surface area contributed by atoms with E-state index in [1.165, 1.54) is 16.4 Å². The molecular formula is C18H11N7O2S. The lowest BCUT2D eigenvalue weighted by Crippen LogP contribution is -2.23. The number of hydrogen-bond donors (Lipinski definition) is 0. The van der Waals surface area contributed by atoms with Crippen LogP contribution in [0.2, 0.25) is 0 Å². The fourth-order valence-electron chi connectivity index (χ4n) is 3.03. The monoisotopic (exact) mass is 389 g/mol. The quantitative estimate of drug-likeness (QED) is 0.428. The summed E-state index contributed by atoms with van der Waals surface area (Å²) in [6.07, 6.45) is 0. The predicted molar refractivity (Wildman–Crippen MR) is 98.3 cm³/mol. The van der Waals surface area contributed by atoms with Gasteiger partial charge in [0.25, 0.3) is 0 Å². The normalized spacial score (nSPS) is 12.7. The third kappa shape index (κ3) is 2.54. The Labute approximate surface area is 162 Å². The Hall–Kier alpha value is -3.66. The Morgan fingerprint density at radius 1 is 0.821 bits per heavy atom. The molecule has 5 rings (SSSR count). The summed E-state index contributed by atoms with van der Waals surface area (Å²) in [6, 6.07) is 16.2. The van der Waals surface area contributed by atoms with Crippen LogP contribution in [0.4, 0.5) is 0 Å². The lowest BCUT2D eigenvalue weighted by atomic mass is 9.90. The summed E-state index contributed by atoms with van der Waals surface area (Å²) < 4.78 is 3.01. The van der Waals surface area contributed by atoms with E-state index in [0.717, 1.165) is 5.69 Å². The molecule has 0 amide bonds. The Balaban J connectivity index is 1.45. The number of ketones is 2.